The maximum absolute atomic E-state index is 12.4. The maximum atomic E-state index is 12.4. The Morgan fingerprint density at radius 1 is 1.38 bits per heavy atom. The first-order valence-corrected chi connectivity index (χ1v) is 8.17. The molecular weight excluding hydrogens is 288 g/mol. The fraction of sp³-hybridized carbons (Fsp3) is 0.600. The van der Waals surface area contributed by atoms with Crippen LogP contribution in [-0.4, -0.2) is 34.6 Å². The van der Waals surface area contributed by atoms with E-state index in [4.69, 9.17) is 0 Å². The quantitative estimate of drug-likeness (QED) is 0.901. The van der Waals surface area contributed by atoms with E-state index in [1.165, 1.54) is 9.78 Å². The summed E-state index contributed by atoms with van der Waals surface area (Å²) in [6.45, 7) is 4.47. The van der Waals surface area contributed by atoms with Crippen LogP contribution in [0, 0.1) is 6.92 Å². The van der Waals surface area contributed by atoms with E-state index in [0.29, 0.717) is 13.0 Å². The second-order valence-electron chi connectivity index (χ2n) is 5.52. The zero-order chi connectivity index (χ0) is 15.4. The number of thiophene rings is 1. The predicted octanol–water partition coefficient (Wildman–Crippen LogP) is 3.16. The molecule has 2 unspecified atom stereocenters. The summed E-state index contributed by atoms with van der Waals surface area (Å²) in [5, 5.41) is 12.2. The number of hydrogen-bond acceptors (Lipinski definition) is 3. The molecule has 1 aliphatic rings. The van der Waals surface area contributed by atoms with E-state index in [1.807, 2.05) is 26.0 Å². The van der Waals surface area contributed by atoms with Crippen molar-refractivity contribution in [1.82, 2.24) is 10.2 Å². The van der Waals surface area contributed by atoms with Crippen LogP contribution in [0.2, 0.25) is 0 Å². The number of nitrogens with one attached hydrogen (secondary N) is 1. The average molecular weight is 310 g/mol. The largest absolute Gasteiger partial charge is 0.480 e. The summed E-state index contributed by atoms with van der Waals surface area (Å²) in [6.07, 6.45) is 3.24. The standard InChI is InChI=1S/C15H22N2O3S/c1-10-7-8-13(21-10)11(2)16-15(20)17-9-5-3-4-6-12(17)14(18)19/h7-8,11-12H,3-6,9H2,1-2H3,(H,16,20)(H,18,19). The second kappa shape index (κ2) is 6.93. The monoisotopic (exact) mass is 310 g/mol. The number of carbonyl (C=O) groups excluding carboxylic acids is 1. The Balaban J connectivity index is 2.04. The maximum Gasteiger partial charge on any atom is 0.326 e. The molecule has 21 heavy (non-hydrogen) atoms. The molecule has 2 amide bonds. The molecule has 0 saturated carbocycles. The summed E-state index contributed by atoms with van der Waals surface area (Å²) in [6, 6.07) is 2.94. The fourth-order valence-corrected chi connectivity index (χ4v) is 3.51. The number of nitrogens with zero attached hydrogens (tertiary/aromatic N) is 1. The number of likely N-dealkylation sites (tertiary alicyclic amines) is 1. The molecule has 5 nitrogen and oxygen atoms in total. The molecule has 2 atom stereocenters. The van der Waals surface area contributed by atoms with E-state index >= 15 is 0 Å². The van der Waals surface area contributed by atoms with Gasteiger partial charge in [0, 0.05) is 16.3 Å². The van der Waals surface area contributed by atoms with Crippen molar-refractivity contribution < 1.29 is 14.7 Å². The Morgan fingerprint density at radius 3 is 2.76 bits per heavy atom. The third kappa shape index (κ3) is 3.97. The summed E-state index contributed by atoms with van der Waals surface area (Å²) in [7, 11) is 0. The van der Waals surface area contributed by atoms with Crippen LogP contribution in [0.4, 0.5) is 4.79 Å². The van der Waals surface area contributed by atoms with Gasteiger partial charge >= 0.3 is 12.0 Å². The van der Waals surface area contributed by atoms with Gasteiger partial charge in [0.2, 0.25) is 0 Å². The molecule has 2 heterocycles. The molecule has 1 fully saturated rings. The minimum atomic E-state index is -0.910. The molecule has 0 spiro atoms. The van der Waals surface area contributed by atoms with Gasteiger partial charge in [-0.15, -0.1) is 11.3 Å². The summed E-state index contributed by atoms with van der Waals surface area (Å²) < 4.78 is 0. The minimum Gasteiger partial charge on any atom is -0.480 e. The molecule has 1 saturated heterocycles. The van der Waals surface area contributed by atoms with E-state index in [0.717, 1.165) is 24.1 Å². The van der Waals surface area contributed by atoms with E-state index in [2.05, 4.69) is 5.32 Å². The summed E-state index contributed by atoms with van der Waals surface area (Å²) in [5.41, 5.74) is 0. The summed E-state index contributed by atoms with van der Waals surface area (Å²) in [5.74, 6) is -0.910. The molecule has 0 radical (unpaired) electrons. The number of aliphatic carboxylic acids is 1. The lowest BCUT2D eigenvalue weighted by Crippen LogP contribution is -2.49. The van der Waals surface area contributed by atoms with Crippen LogP contribution in [0.3, 0.4) is 0 Å². The van der Waals surface area contributed by atoms with Crippen molar-refractivity contribution in [1.29, 1.82) is 0 Å². The highest BCUT2D eigenvalue weighted by Gasteiger charge is 2.31. The first-order valence-electron chi connectivity index (χ1n) is 7.35. The van der Waals surface area contributed by atoms with Crippen LogP contribution in [0.15, 0.2) is 12.1 Å². The first kappa shape index (κ1) is 15.8. The van der Waals surface area contributed by atoms with Crippen molar-refractivity contribution in [2.45, 2.75) is 51.6 Å². The van der Waals surface area contributed by atoms with Crippen LogP contribution in [0.5, 0.6) is 0 Å². The molecule has 1 aromatic rings. The van der Waals surface area contributed by atoms with Gasteiger partial charge in [-0.05, 0) is 38.8 Å². The molecule has 0 aromatic carbocycles. The zero-order valence-corrected chi connectivity index (χ0v) is 13.3. The smallest absolute Gasteiger partial charge is 0.326 e. The second-order valence-corrected chi connectivity index (χ2v) is 6.84. The molecule has 1 aliphatic heterocycles. The van der Waals surface area contributed by atoms with Crippen LogP contribution in [0.25, 0.3) is 0 Å². The number of urea groups is 1. The lowest BCUT2D eigenvalue weighted by molar-refractivity contribution is -0.142. The highest BCUT2D eigenvalue weighted by molar-refractivity contribution is 7.12. The van der Waals surface area contributed by atoms with E-state index in [1.54, 1.807) is 11.3 Å². The Bertz CT molecular complexity index is 515. The lowest BCUT2D eigenvalue weighted by atomic mass is 10.1. The SMILES string of the molecule is Cc1ccc(C(C)NC(=O)N2CCCCCC2C(=O)O)s1. The van der Waals surface area contributed by atoms with Gasteiger partial charge < -0.3 is 15.3 Å². The van der Waals surface area contributed by atoms with Crippen LogP contribution in [-0.2, 0) is 4.79 Å². The topological polar surface area (TPSA) is 69.6 Å². The van der Waals surface area contributed by atoms with Gasteiger partial charge in [-0.3, -0.25) is 0 Å². The van der Waals surface area contributed by atoms with Gasteiger partial charge in [0.1, 0.15) is 6.04 Å². The van der Waals surface area contributed by atoms with E-state index in [-0.39, 0.29) is 12.1 Å². The van der Waals surface area contributed by atoms with Gasteiger partial charge in [-0.2, -0.15) is 0 Å². The Morgan fingerprint density at radius 2 is 2.14 bits per heavy atom. The Hall–Kier alpha value is -1.56. The van der Waals surface area contributed by atoms with Crippen molar-refractivity contribution in [3.05, 3.63) is 21.9 Å². The van der Waals surface area contributed by atoms with Crippen molar-refractivity contribution >= 4 is 23.3 Å². The molecule has 6 heteroatoms. The lowest BCUT2D eigenvalue weighted by Gasteiger charge is -2.28. The normalized spacial score (nSPS) is 20.7. The predicted molar refractivity (Wildman–Crippen MR) is 82.6 cm³/mol. The van der Waals surface area contributed by atoms with E-state index in [9.17, 15) is 14.7 Å². The number of rotatable bonds is 3. The number of carbonyl (C=O) groups is 2. The van der Waals surface area contributed by atoms with Crippen LogP contribution in [0.1, 0.15) is 48.4 Å². The summed E-state index contributed by atoms with van der Waals surface area (Å²) >= 11 is 1.65. The average Bonchev–Trinajstić information content (AvgIpc) is 2.72. The number of carboxylic acids is 1. The van der Waals surface area contributed by atoms with Crippen molar-refractivity contribution in [3.8, 4) is 0 Å². The number of hydrogen-bond donors (Lipinski definition) is 2. The Labute approximate surface area is 129 Å². The molecule has 0 bridgehead atoms. The molecule has 2 rings (SSSR count). The fourth-order valence-electron chi connectivity index (χ4n) is 2.63. The van der Waals surface area contributed by atoms with Gasteiger partial charge in [0.25, 0.3) is 0 Å². The van der Waals surface area contributed by atoms with Crippen molar-refractivity contribution in [3.63, 3.8) is 0 Å². The highest BCUT2D eigenvalue weighted by Crippen LogP contribution is 2.23. The van der Waals surface area contributed by atoms with E-state index < -0.39 is 12.0 Å². The van der Waals surface area contributed by atoms with Gasteiger partial charge in [0.05, 0.1) is 6.04 Å². The summed E-state index contributed by atoms with van der Waals surface area (Å²) in [4.78, 5) is 27.5. The molecule has 0 aliphatic carbocycles. The minimum absolute atomic E-state index is 0.103. The Kier molecular flexibility index (Phi) is 5.22. The van der Waals surface area contributed by atoms with Crippen molar-refractivity contribution in [2.24, 2.45) is 0 Å². The third-order valence-electron chi connectivity index (χ3n) is 3.83. The molecule has 116 valence electrons. The zero-order valence-electron chi connectivity index (χ0n) is 12.5. The van der Waals surface area contributed by atoms with Gasteiger partial charge in [0.15, 0.2) is 0 Å². The van der Waals surface area contributed by atoms with Gasteiger partial charge in [-0.25, -0.2) is 9.59 Å². The molecule has 1 aromatic heterocycles. The van der Waals surface area contributed by atoms with Crippen molar-refractivity contribution in [2.75, 3.05) is 6.54 Å². The van der Waals surface area contributed by atoms with Crippen LogP contribution < -0.4 is 5.32 Å². The third-order valence-corrected chi connectivity index (χ3v) is 5.01. The molecular formula is C15H22N2O3S. The molecule has 2 N–H and O–H groups in total. The number of carboxylic acid groups (broad SMARTS) is 1. The highest BCUT2D eigenvalue weighted by atomic mass is 32.1. The van der Waals surface area contributed by atoms with Crippen LogP contribution >= 0.6 is 11.3 Å². The van der Waals surface area contributed by atoms with Gasteiger partial charge in [-0.1, -0.05) is 12.8 Å². The number of amides is 2. The number of aryl methyl sites for hydroxylation is 1. The first-order chi connectivity index (χ1) is 9.99.